The smallest absolute Gasteiger partial charge is 0.272 e. The lowest BCUT2D eigenvalue weighted by atomic mass is 10.0. The highest BCUT2D eigenvalue weighted by molar-refractivity contribution is 5.43. The van der Waals surface area contributed by atoms with Crippen molar-refractivity contribution >= 4 is 5.69 Å². The standard InChI is InChI=1S/C14H18N4O2/c1-10-4-5-12(8-13(10)18(19)20)11(2)16-9-14-15-6-7-17(14)3/h4-8,11,16H,9H2,1-3H3. The molecule has 0 spiro atoms. The lowest BCUT2D eigenvalue weighted by molar-refractivity contribution is -0.385. The molecule has 0 amide bonds. The average Bonchev–Trinajstić information content (AvgIpc) is 2.81. The molecule has 106 valence electrons. The van der Waals surface area contributed by atoms with E-state index in [-0.39, 0.29) is 16.7 Å². The number of aryl methyl sites for hydroxylation is 2. The average molecular weight is 274 g/mol. The predicted octanol–water partition coefficient (Wildman–Crippen LogP) is 2.49. The van der Waals surface area contributed by atoms with Crippen LogP contribution in [-0.4, -0.2) is 14.5 Å². The van der Waals surface area contributed by atoms with Gasteiger partial charge in [-0.05, 0) is 19.4 Å². The number of nitrogens with one attached hydrogen (secondary N) is 1. The summed E-state index contributed by atoms with van der Waals surface area (Å²) in [6, 6.07) is 5.35. The third-order valence-electron chi connectivity index (χ3n) is 3.42. The molecule has 1 heterocycles. The quantitative estimate of drug-likeness (QED) is 0.671. The maximum absolute atomic E-state index is 11.0. The van der Waals surface area contributed by atoms with Crippen LogP contribution in [0.15, 0.2) is 30.6 Å². The zero-order valence-electron chi connectivity index (χ0n) is 11.8. The van der Waals surface area contributed by atoms with E-state index in [1.165, 1.54) is 0 Å². The molecule has 1 atom stereocenters. The molecule has 0 radical (unpaired) electrons. The van der Waals surface area contributed by atoms with Crippen LogP contribution in [0.3, 0.4) is 0 Å². The first-order valence-electron chi connectivity index (χ1n) is 6.43. The van der Waals surface area contributed by atoms with E-state index < -0.39 is 0 Å². The minimum Gasteiger partial charge on any atom is -0.337 e. The summed E-state index contributed by atoms with van der Waals surface area (Å²) < 4.78 is 1.94. The number of hydrogen-bond donors (Lipinski definition) is 1. The van der Waals surface area contributed by atoms with Crippen LogP contribution in [0.4, 0.5) is 5.69 Å². The monoisotopic (exact) mass is 274 g/mol. The fourth-order valence-corrected chi connectivity index (χ4v) is 2.02. The van der Waals surface area contributed by atoms with Gasteiger partial charge in [0.05, 0.1) is 11.5 Å². The maximum atomic E-state index is 11.0. The Kier molecular flexibility index (Phi) is 4.14. The molecule has 20 heavy (non-hydrogen) atoms. The van der Waals surface area contributed by atoms with Crippen LogP contribution in [0.25, 0.3) is 0 Å². The molecular weight excluding hydrogens is 256 g/mol. The highest BCUT2D eigenvalue weighted by Crippen LogP contribution is 2.23. The van der Waals surface area contributed by atoms with Crippen molar-refractivity contribution in [2.75, 3.05) is 0 Å². The Morgan fingerprint density at radius 2 is 2.25 bits per heavy atom. The summed E-state index contributed by atoms with van der Waals surface area (Å²) in [5, 5.41) is 14.3. The molecule has 6 nitrogen and oxygen atoms in total. The SMILES string of the molecule is Cc1ccc(C(C)NCc2nccn2C)cc1[N+](=O)[O-]. The van der Waals surface area contributed by atoms with Crippen molar-refractivity contribution in [2.24, 2.45) is 7.05 Å². The van der Waals surface area contributed by atoms with Gasteiger partial charge in [-0.15, -0.1) is 0 Å². The summed E-state index contributed by atoms with van der Waals surface area (Å²) in [7, 11) is 1.94. The van der Waals surface area contributed by atoms with Crippen molar-refractivity contribution in [3.8, 4) is 0 Å². The molecule has 1 unspecified atom stereocenters. The summed E-state index contributed by atoms with van der Waals surface area (Å²) in [4.78, 5) is 14.8. The third kappa shape index (κ3) is 3.03. The molecule has 6 heteroatoms. The van der Waals surface area contributed by atoms with E-state index in [1.54, 1.807) is 25.3 Å². The number of nitro groups is 1. The fraction of sp³-hybridized carbons (Fsp3) is 0.357. The zero-order chi connectivity index (χ0) is 14.7. The second kappa shape index (κ2) is 5.83. The first-order valence-corrected chi connectivity index (χ1v) is 6.43. The highest BCUT2D eigenvalue weighted by atomic mass is 16.6. The van der Waals surface area contributed by atoms with Crippen LogP contribution in [0.2, 0.25) is 0 Å². The first kappa shape index (κ1) is 14.2. The predicted molar refractivity (Wildman–Crippen MR) is 76.3 cm³/mol. The second-order valence-corrected chi connectivity index (χ2v) is 4.86. The Hall–Kier alpha value is -2.21. The van der Waals surface area contributed by atoms with Crippen molar-refractivity contribution in [2.45, 2.75) is 26.4 Å². The Balaban J connectivity index is 2.09. The van der Waals surface area contributed by atoms with Gasteiger partial charge in [-0.3, -0.25) is 10.1 Å². The molecule has 0 bridgehead atoms. The van der Waals surface area contributed by atoms with Gasteiger partial charge in [-0.25, -0.2) is 4.98 Å². The summed E-state index contributed by atoms with van der Waals surface area (Å²) in [6.07, 6.45) is 3.64. The minimum atomic E-state index is -0.343. The normalized spacial score (nSPS) is 12.3. The summed E-state index contributed by atoms with van der Waals surface area (Å²) >= 11 is 0. The van der Waals surface area contributed by atoms with Crippen molar-refractivity contribution in [3.63, 3.8) is 0 Å². The van der Waals surface area contributed by atoms with E-state index in [9.17, 15) is 10.1 Å². The molecule has 0 aliphatic heterocycles. The third-order valence-corrected chi connectivity index (χ3v) is 3.42. The van der Waals surface area contributed by atoms with Gasteiger partial charge in [-0.1, -0.05) is 12.1 Å². The Morgan fingerprint density at radius 3 is 2.85 bits per heavy atom. The van der Waals surface area contributed by atoms with Gasteiger partial charge < -0.3 is 9.88 Å². The van der Waals surface area contributed by atoms with E-state index in [0.717, 1.165) is 11.4 Å². The Morgan fingerprint density at radius 1 is 1.50 bits per heavy atom. The molecule has 0 saturated heterocycles. The van der Waals surface area contributed by atoms with Crippen LogP contribution in [0.1, 0.15) is 29.9 Å². The van der Waals surface area contributed by atoms with Gasteiger partial charge in [0.25, 0.3) is 5.69 Å². The van der Waals surface area contributed by atoms with Crippen LogP contribution >= 0.6 is 0 Å². The molecule has 1 N–H and O–H groups in total. The number of nitro benzene ring substituents is 1. The number of benzene rings is 1. The summed E-state index contributed by atoms with van der Waals surface area (Å²) in [6.45, 7) is 4.34. The largest absolute Gasteiger partial charge is 0.337 e. The molecule has 0 aliphatic carbocycles. The number of imidazole rings is 1. The molecule has 1 aromatic carbocycles. The van der Waals surface area contributed by atoms with Crippen LogP contribution in [0.5, 0.6) is 0 Å². The lowest BCUT2D eigenvalue weighted by Gasteiger charge is -2.14. The first-order chi connectivity index (χ1) is 9.49. The van der Waals surface area contributed by atoms with E-state index in [0.29, 0.717) is 12.1 Å². The van der Waals surface area contributed by atoms with E-state index in [1.807, 2.05) is 30.8 Å². The van der Waals surface area contributed by atoms with Crippen molar-refractivity contribution in [3.05, 3.63) is 57.7 Å². The highest BCUT2D eigenvalue weighted by Gasteiger charge is 2.14. The molecule has 0 fully saturated rings. The second-order valence-electron chi connectivity index (χ2n) is 4.86. The fourth-order valence-electron chi connectivity index (χ4n) is 2.02. The summed E-state index contributed by atoms with van der Waals surface area (Å²) in [5.41, 5.74) is 1.74. The Bertz CT molecular complexity index is 621. The van der Waals surface area contributed by atoms with Gasteiger partial charge >= 0.3 is 0 Å². The van der Waals surface area contributed by atoms with Gasteiger partial charge in [0.2, 0.25) is 0 Å². The van der Waals surface area contributed by atoms with Gasteiger partial charge in [0.1, 0.15) is 5.82 Å². The number of hydrogen-bond acceptors (Lipinski definition) is 4. The number of nitrogens with zero attached hydrogens (tertiary/aromatic N) is 3. The summed E-state index contributed by atoms with van der Waals surface area (Å²) in [5.74, 6) is 0.929. The van der Waals surface area contributed by atoms with E-state index >= 15 is 0 Å². The number of aromatic nitrogens is 2. The van der Waals surface area contributed by atoms with Crippen molar-refractivity contribution in [1.29, 1.82) is 0 Å². The molecule has 2 aromatic rings. The van der Waals surface area contributed by atoms with E-state index in [2.05, 4.69) is 10.3 Å². The molecule has 2 rings (SSSR count). The van der Waals surface area contributed by atoms with E-state index in [4.69, 9.17) is 0 Å². The van der Waals surface area contributed by atoms with Crippen molar-refractivity contribution in [1.82, 2.24) is 14.9 Å². The van der Waals surface area contributed by atoms with Crippen LogP contribution in [-0.2, 0) is 13.6 Å². The van der Waals surface area contributed by atoms with Crippen LogP contribution < -0.4 is 5.32 Å². The molecule has 0 saturated carbocycles. The molecule has 0 aliphatic rings. The van der Waals surface area contributed by atoms with Gasteiger partial charge in [-0.2, -0.15) is 0 Å². The molecular formula is C14H18N4O2. The minimum absolute atomic E-state index is 0.0194. The van der Waals surface area contributed by atoms with Crippen LogP contribution in [0, 0.1) is 17.0 Å². The van der Waals surface area contributed by atoms with Gasteiger partial charge in [0, 0.05) is 37.1 Å². The van der Waals surface area contributed by atoms with Crippen molar-refractivity contribution < 1.29 is 4.92 Å². The van der Waals surface area contributed by atoms with Gasteiger partial charge in [0.15, 0.2) is 0 Å². The lowest BCUT2D eigenvalue weighted by Crippen LogP contribution is -2.20. The topological polar surface area (TPSA) is 73.0 Å². The zero-order valence-corrected chi connectivity index (χ0v) is 11.8. The maximum Gasteiger partial charge on any atom is 0.272 e. The Labute approximate surface area is 117 Å². The molecule has 1 aromatic heterocycles. The number of rotatable bonds is 5.